The van der Waals surface area contributed by atoms with E-state index in [0.29, 0.717) is 17.9 Å². The summed E-state index contributed by atoms with van der Waals surface area (Å²) in [5.74, 6) is 0.510. The molecule has 1 fully saturated rings. The summed E-state index contributed by atoms with van der Waals surface area (Å²) in [5, 5.41) is 3.76. The molecular formula is C29H35N5O3S. The summed E-state index contributed by atoms with van der Waals surface area (Å²) in [4.78, 5) is 34.8. The zero-order valence-corrected chi connectivity index (χ0v) is 23.5. The monoisotopic (exact) mass is 533 g/mol. The van der Waals surface area contributed by atoms with E-state index in [2.05, 4.69) is 26.0 Å². The number of carbonyl (C=O) groups excluding carboxylic acids is 2. The van der Waals surface area contributed by atoms with Crippen molar-refractivity contribution in [3.05, 3.63) is 47.7 Å². The van der Waals surface area contributed by atoms with Gasteiger partial charge in [-0.1, -0.05) is 24.4 Å². The van der Waals surface area contributed by atoms with Gasteiger partial charge in [-0.25, -0.2) is 0 Å². The normalized spacial score (nSPS) is 15.6. The van der Waals surface area contributed by atoms with Crippen molar-refractivity contribution < 1.29 is 14.3 Å². The number of carbonyl (C=O) groups is 2. The van der Waals surface area contributed by atoms with Gasteiger partial charge in [-0.05, 0) is 68.8 Å². The Bertz CT molecular complexity index is 1400. The summed E-state index contributed by atoms with van der Waals surface area (Å²) in [7, 11) is 7.53. The van der Waals surface area contributed by atoms with E-state index < -0.39 is 5.41 Å². The summed E-state index contributed by atoms with van der Waals surface area (Å²) in [6.45, 7) is 1.40. The highest BCUT2D eigenvalue weighted by molar-refractivity contribution is 7.99. The third-order valence-electron chi connectivity index (χ3n) is 7.71. The van der Waals surface area contributed by atoms with Crippen molar-refractivity contribution in [2.45, 2.75) is 31.1 Å². The van der Waals surface area contributed by atoms with Crippen LogP contribution in [0.4, 0.5) is 11.4 Å². The van der Waals surface area contributed by atoms with E-state index in [1.807, 2.05) is 57.9 Å². The summed E-state index contributed by atoms with van der Waals surface area (Å²) >= 11 is 1.45. The molecule has 0 saturated heterocycles. The van der Waals surface area contributed by atoms with Crippen molar-refractivity contribution in [1.29, 1.82) is 0 Å². The molecular weight excluding hydrogens is 498 g/mol. The summed E-state index contributed by atoms with van der Waals surface area (Å²) < 4.78 is 9.49. The maximum Gasteiger partial charge on any atom is 0.254 e. The lowest BCUT2D eigenvalue weighted by molar-refractivity contribution is -0.125. The lowest BCUT2D eigenvalue weighted by Crippen LogP contribution is -2.43. The van der Waals surface area contributed by atoms with Gasteiger partial charge in [0.15, 0.2) is 5.75 Å². The fourth-order valence-electron chi connectivity index (χ4n) is 5.65. The Morgan fingerprint density at radius 1 is 1.21 bits per heavy atom. The predicted molar refractivity (Wildman–Crippen MR) is 155 cm³/mol. The lowest BCUT2D eigenvalue weighted by Gasteiger charge is -2.37. The fourth-order valence-corrected chi connectivity index (χ4v) is 6.02. The van der Waals surface area contributed by atoms with Crippen LogP contribution in [0.1, 0.15) is 41.6 Å². The van der Waals surface area contributed by atoms with Crippen LogP contribution in [0.15, 0.2) is 36.5 Å². The molecule has 1 aromatic heterocycles. The number of amides is 2. The van der Waals surface area contributed by atoms with Crippen molar-refractivity contribution in [3.63, 3.8) is 0 Å². The Kier molecular flexibility index (Phi) is 7.24. The highest BCUT2D eigenvalue weighted by Gasteiger charge is 2.54. The molecule has 2 amide bonds. The zero-order valence-electron chi connectivity index (χ0n) is 22.7. The number of anilines is 2. The van der Waals surface area contributed by atoms with Crippen LogP contribution in [0.5, 0.6) is 5.75 Å². The van der Waals surface area contributed by atoms with E-state index in [1.165, 1.54) is 11.9 Å². The van der Waals surface area contributed by atoms with E-state index in [9.17, 15) is 9.59 Å². The molecule has 2 N–H and O–H groups in total. The average Bonchev–Trinajstić information content (AvgIpc) is 3.13. The maximum absolute atomic E-state index is 13.2. The number of pyridine rings is 1. The van der Waals surface area contributed by atoms with Crippen LogP contribution in [0.2, 0.25) is 0 Å². The van der Waals surface area contributed by atoms with Gasteiger partial charge in [0.1, 0.15) is 0 Å². The number of nitrogens with zero attached hydrogens (tertiary/aromatic N) is 3. The smallest absolute Gasteiger partial charge is 0.254 e. The van der Waals surface area contributed by atoms with Gasteiger partial charge < -0.3 is 24.6 Å². The van der Waals surface area contributed by atoms with Crippen molar-refractivity contribution in [2.75, 3.05) is 57.2 Å². The minimum Gasteiger partial charge on any atom is -0.490 e. The molecule has 1 spiro atoms. The third kappa shape index (κ3) is 4.37. The minimum absolute atomic E-state index is 0.169. The van der Waals surface area contributed by atoms with Gasteiger partial charge in [-0.3, -0.25) is 14.6 Å². The number of hydrogen-bond donors (Lipinski definition) is 2. The molecule has 3 aromatic rings. The van der Waals surface area contributed by atoms with Crippen molar-refractivity contribution in [3.8, 4) is 16.9 Å². The molecule has 38 heavy (non-hydrogen) atoms. The summed E-state index contributed by atoms with van der Waals surface area (Å²) in [5.41, 5.74) is 5.51. The van der Waals surface area contributed by atoms with Crippen LogP contribution in [0.25, 0.3) is 22.0 Å². The van der Waals surface area contributed by atoms with Crippen LogP contribution in [0, 0.1) is 0 Å². The molecule has 1 saturated carbocycles. The standard InChI is InChI=1S/C29H35N5O3S/c1-30-27(35)21-15-19(16-23(32-38-5)26(21)37-13-7-12-33(2)3)18-8-9-22-20(14-18)25-24(17-31-22)34(4)28(36)29(25)10-6-11-29/h8-9,14-17,32H,6-7,10-13H2,1-5H3,(H,30,35). The van der Waals surface area contributed by atoms with E-state index in [-0.39, 0.29) is 11.8 Å². The van der Waals surface area contributed by atoms with Gasteiger partial charge in [0, 0.05) is 37.8 Å². The summed E-state index contributed by atoms with van der Waals surface area (Å²) in [6.07, 6.45) is 7.41. The summed E-state index contributed by atoms with van der Waals surface area (Å²) in [6, 6.07) is 10.1. The van der Waals surface area contributed by atoms with Gasteiger partial charge in [0.25, 0.3) is 5.91 Å². The van der Waals surface area contributed by atoms with Crippen LogP contribution >= 0.6 is 11.9 Å². The largest absolute Gasteiger partial charge is 0.490 e. The Morgan fingerprint density at radius 3 is 2.66 bits per heavy atom. The molecule has 5 rings (SSSR count). The molecule has 0 unspecified atom stereocenters. The third-order valence-corrected chi connectivity index (χ3v) is 8.14. The molecule has 2 aromatic carbocycles. The van der Waals surface area contributed by atoms with Crippen molar-refractivity contribution in [1.82, 2.24) is 15.2 Å². The Hall–Kier alpha value is -3.30. The molecule has 2 heterocycles. The molecule has 1 aliphatic carbocycles. The average molecular weight is 534 g/mol. The molecule has 1 aliphatic heterocycles. The second-order valence-corrected chi connectivity index (χ2v) is 11.0. The van der Waals surface area contributed by atoms with Crippen molar-refractivity contribution in [2.24, 2.45) is 0 Å². The molecule has 0 radical (unpaired) electrons. The quantitative estimate of drug-likeness (QED) is 0.305. The first-order valence-electron chi connectivity index (χ1n) is 13.0. The fraction of sp³-hybridized carbons (Fsp3) is 0.414. The topological polar surface area (TPSA) is 86.8 Å². The molecule has 0 bridgehead atoms. The van der Waals surface area contributed by atoms with Crippen LogP contribution < -0.4 is 19.7 Å². The Balaban J connectivity index is 1.62. The van der Waals surface area contributed by atoms with Crippen LogP contribution in [-0.2, 0) is 10.2 Å². The van der Waals surface area contributed by atoms with E-state index >= 15 is 0 Å². The molecule has 0 atom stereocenters. The maximum atomic E-state index is 13.2. The molecule has 9 heteroatoms. The number of nitrogens with one attached hydrogen (secondary N) is 2. The number of likely N-dealkylation sites (N-methyl/N-ethyl adjacent to an activating group) is 1. The Morgan fingerprint density at radius 2 is 2.00 bits per heavy atom. The second-order valence-electron chi connectivity index (χ2n) is 10.3. The number of aromatic nitrogens is 1. The number of benzene rings is 2. The zero-order chi connectivity index (χ0) is 27.0. The minimum atomic E-state index is -0.438. The van der Waals surface area contributed by atoms with E-state index in [4.69, 9.17) is 4.74 Å². The number of ether oxygens (including phenoxy) is 1. The SMILES string of the molecule is CNC(=O)c1cc(-c2ccc3ncc4c(c3c2)C2(CCC2)C(=O)N4C)cc(NSC)c1OCCCN(C)C. The molecule has 2 aliphatic rings. The van der Waals surface area contributed by atoms with Gasteiger partial charge in [-0.15, -0.1) is 0 Å². The first kappa shape index (κ1) is 26.3. The van der Waals surface area contributed by atoms with E-state index in [1.54, 1.807) is 11.9 Å². The van der Waals surface area contributed by atoms with E-state index in [0.717, 1.165) is 71.2 Å². The van der Waals surface area contributed by atoms with Crippen LogP contribution in [-0.4, -0.2) is 69.3 Å². The second kappa shape index (κ2) is 10.5. The van der Waals surface area contributed by atoms with Gasteiger partial charge in [0.2, 0.25) is 5.91 Å². The Labute approximate surface area is 228 Å². The van der Waals surface area contributed by atoms with Crippen molar-refractivity contribution >= 4 is 46.0 Å². The first-order valence-corrected chi connectivity index (χ1v) is 14.2. The first-order chi connectivity index (χ1) is 18.3. The van der Waals surface area contributed by atoms with Gasteiger partial charge >= 0.3 is 0 Å². The van der Waals surface area contributed by atoms with Gasteiger partial charge in [0.05, 0.1) is 40.7 Å². The molecule has 8 nitrogen and oxygen atoms in total. The lowest BCUT2D eigenvalue weighted by atomic mass is 9.64. The highest BCUT2D eigenvalue weighted by Crippen LogP contribution is 2.55. The highest BCUT2D eigenvalue weighted by atomic mass is 32.2. The van der Waals surface area contributed by atoms with Gasteiger partial charge in [-0.2, -0.15) is 0 Å². The number of fused-ring (bicyclic) bond motifs is 4. The predicted octanol–water partition coefficient (Wildman–Crippen LogP) is 4.68. The number of rotatable bonds is 9. The molecule has 200 valence electrons. The number of hydrogen-bond acceptors (Lipinski definition) is 7. The van der Waals surface area contributed by atoms with Crippen LogP contribution in [0.3, 0.4) is 0 Å².